The molecule has 0 aliphatic heterocycles. The number of halogens is 2. The Balaban J connectivity index is 2.03. The highest BCUT2D eigenvalue weighted by Gasteiger charge is 2.11. The third-order valence-electron chi connectivity index (χ3n) is 2.55. The van der Waals surface area contributed by atoms with Crippen LogP contribution in [-0.4, -0.2) is 20.8 Å². The van der Waals surface area contributed by atoms with Gasteiger partial charge in [-0.15, -0.1) is 5.10 Å². The summed E-state index contributed by atoms with van der Waals surface area (Å²) in [5.74, 6) is -0.0300. The maximum absolute atomic E-state index is 11.9. The molecule has 7 heteroatoms. The van der Waals surface area contributed by atoms with Crippen LogP contribution in [0.25, 0.3) is 0 Å². The summed E-state index contributed by atoms with van der Waals surface area (Å²) in [4.78, 5) is 11.9. The monoisotopic (exact) mass is 298 g/mol. The molecule has 1 aromatic heterocycles. The van der Waals surface area contributed by atoms with Crippen molar-refractivity contribution in [2.45, 2.75) is 19.5 Å². The molecule has 0 spiro atoms. The van der Waals surface area contributed by atoms with E-state index in [4.69, 9.17) is 28.9 Å². The van der Waals surface area contributed by atoms with E-state index in [9.17, 15) is 4.79 Å². The van der Waals surface area contributed by atoms with Crippen LogP contribution in [0.2, 0.25) is 10.0 Å². The topological polar surface area (TPSA) is 73.8 Å². The van der Waals surface area contributed by atoms with Crippen LogP contribution >= 0.6 is 23.2 Å². The molecule has 2 rings (SSSR count). The fourth-order valence-electron chi connectivity index (χ4n) is 1.64. The van der Waals surface area contributed by atoms with Crippen molar-refractivity contribution < 1.29 is 4.79 Å². The number of ketones is 1. The zero-order valence-corrected chi connectivity index (χ0v) is 11.5. The maximum atomic E-state index is 11.9. The predicted molar refractivity (Wildman–Crippen MR) is 73.1 cm³/mol. The van der Waals surface area contributed by atoms with Crippen LogP contribution in [0.3, 0.4) is 0 Å². The minimum Gasteiger partial charge on any atom is -0.325 e. The Labute approximate surface area is 120 Å². The number of carbonyl (C=O) groups excluding carboxylic acids is 1. The second-order valence-corrected chi connectivity index (χ2v) is 4.83. The van der Waals surface area contributed by atoms with Crippen LogP contribution in [0.5, 0.6) is 0 Å². The van der Waals surface area contributed by atoms with Gasteiger partial charge in [-0.25, -0.2) is 4.68 Å². The van der Waals surface area contributed by atoms with E-state index in [0.29, 0.717) is 27.8 Å². The van der Waals surface area contributed by atoms with Crippen LogP contribution in [0.4, 0.5) is 0 Å². The van der Waals surface area contributed by atoms with Crippen LogP contribution < -0.4 is 5.73 Å². The van der Waals surface area contributed by atoms with Gasteiger partial charge >= 0.3 is 0 Å². The Morgan fingerprint density at radius 2 is 2.16 bits per heavy atom. The summed E-state index contributed by atoms with van der Waals surface area (Å²) in [6, 6.07) is 5.22. The quantitative estimate of drug-likeness (QED) is 0.914. The molecule has 1 heterocycles. The lowest BCUT2D eigenvalue weighted by Crippen LogP contribution is -2.13. The van der Waals surface area contributed by atoms with Gasteiger partial charge in [-0.05, 0) is 11.6 Å². The first-order chi connectivity index (χ1) is 9.10. The van der Waals surface area contributed by atoms with Crippen LogP contribution in [0.1, 0.15) is 11.3 Å². The number of benzene rings is 1. The standard InChI is InChI=1S/C12H12Cl2N4O/c13-11-3-1-2-8(12(11)14)4-10(19)7-18-6-9(5-15)16-17-18/h1-3,6H,4-5,7,15H2. The Kier molecular flexibility index (Phi) is 4.52. The minimum atomic E-state index is -0.0300. The van der Waals surface area contributed by atoms with Gasteiger partial charge in [0.1, 0.15) is 6.54 Å². The summed E-state index contributed by atoms with van der Waals surface area (Å²) in [5.41, 5.74) is 6.77. The summed E-state index contributed by atoms with van der Waals surface area (Å²) in [7, 11) is 0. The van der Waals surface area contributed by atoms with E-state index in [2.05, 4.69) is 10.3 Å². The van der Waals surface area contributed by atoms with Gasteiger partial charge in [-0.1, -0.05) is 40.5 Å². The Morgan fingerprint density at radius 3 is 2.84 bits per heavy atom. The van der Waals surface area contributed by atoms with Crippen molar-refractivity contribution in [2.24, 2.45) is 5.73 Å². The zero-order valence-electron chi connectivity index (χ0n) is 10.0. The zero-order chi connectivity index (χ0) is 13.8. The molecule has 0 aliphatic carbocycles. The number of aromatic nitrogens is 3. The molecule has 1 aromatic carbocycles. The first-order valence-corrected chi connectivity index (χ1v) is 6.39. The molecule has 100 valence electrons. The van der Waals surface area contributed by atoms with E-state index in [-0.39, 0.29) is 18.7 Å². The van der Waals surface area contributed by atoms with Crippen molar-refractivity contribution in [1.82, 2.24) is 15.0 Å². The summed E-state index contributed by atoms with van der Waals surface area (Å²) in [6.07, 6.45) is 1.86. The molecule has 0 saturated carbocycles. The van der Waals surface area contributed by atoms with Gasteiger partial charge in [0, 0.05) is 13.0 Å². The molecule has 2 aromatic rings. The van der Waals surface area contributed by atoms with Gasteiger partial charge < -0.3 is 5.73 Å². The summed E-state index contributed by atoms with van der Waals surface area (Å²) >= 11 is 11.9. The number of hydrogen-bond donors (Lipinski definition) is 1. The first kappa shape index (κ1) is 14.0. The molecular weight excluding hydrogens is 287 g/mol. The molecule has 0 fully saturated rings. The Hall–Kier alpha value is -1.43. The number of hydrogen-bond acceptors (Lipinski definition) is 4. The van der Waals surface area contributed by atoms with Gasteiger partial charge in [0.05, 0.1) is 21.9 Å². The molecule has 0 aliphatic rings. The molecule has 0 amide bonds. The molecule has 0 saturated heterocycles. The largest absolute Gasteiger partial charge is 0.325 e. The van der Waals surface area contributed by atoms with E-state index in [1.165, 1.54) is 4.68 Å². The fraction of sp³-hybridized carbons (Fsp3) is 0.250. The smallest absolute Gasteiger partial charge is 0.158 e. The number of rotatable bonds is 5. The molecule has 0 atom stereocenters. The van der Waals surface area contributed by atoms with Crippen molar-refractivity contribution in [3.05, 3.63) is 45.7 Å². The second kappa shape index (κ2) is 6.14. The highest BCUT2D eigenvalue weighted by atomic mass is 35.5. The third-order valence-corrected chi connectivity index (χ3v) is 3.41. The summed E-state index contributed by atoms with van der Waals surface area (Å²) in [6.45, 7) is 0.435. The Bertz CT molecular complexity index is 597. The van der Waals surface area contributed by atoms with Gasteiger partial charge in [-0.2, -0.15) is 0 Å². The molecule has 0 bridgehead atoms. The minimum absolute atomic E-state index is 0.0300. The van der Waals surface area contributed by atoms with Crippen molar-refractivity contribution in [1.29, 1.82) is 0 Å². The number of carbonyl (C=O) groups is 1. The maximum Gasteiger partial charge on any atom is 0.158 e. The second-order valence-electron chi connectivity index (χ2n) is 4.04. The summed E-state index contributed by atoms with van der Waals surface area (Å²) < 4.78 is 1.46. The van der Waals surface area contributed by atoms with Crippen molar-refractivity contribution in [2.75, 3.05) is 0 Å². The Morgan fingerprint density at radius 1 is 1.37 bits per heavy atom. The van der Waals surface area contributed by atoms with Crippen molar-refractivity contribution >= 4 is 29.0 Å². The van der Waals surface area contributed by atoms with E-state index in [0.717, 1.165) is 0 Å². The van der Waals surface area contributed by atoms with Crippen LogP contribution in [-0.2, 0) is 24.3 Å². The SMILES string of the molecule is NCc1cn(CC(=O)Cc2cccc(Cl)c2Cl)nn1. The van der Waals surface area contributed by atoms with Crippen LogP contribution in [0, 0.1) is 0 Å². The lowest BCUT2D eigenvalue weighted by Gasteiger charge is -2.05. The molecule has 5 nitrogen and oxygen atoms in total. The molecule has 0 radical (unpaired) electrons. The highest BCUT2D eigenvalue weighted by Crippen LogP contribution is 2.25. The van der Waals surface area contributed by atoms with E-state index >= 15 is 0 Å². The number of nitrogens with zero attached hydrogens (tertiary/aromatic N) is 3. The average molecular weight is 299 g/mol. The van der Waals surface area contributed by atoms with Gasteiger partial charge in [0.25, 0.3) is 0 Å². The third kappa shape index (κ3) is 3.53. The average Bonchev–Trinajstić information content (AvgIpc) is 2.82. The number of nitrogens with two attached hydrogens (primary N) is 1. The van der Waals surface area contributed by atoms with E-state index < -0.39 is 0 Å². The lowest BCUT2D eigenvalue weighted by atomic mass is 10.1. The molecule has 19 heavy (non-hydrogen) atoms. The van der Waals surface area contributed by atoms with E-state index in [1.807, 2.05) is 0 Å². The lowest BCUT2D eigenvalue weighted by molar-refractivity contribution is -0.119. The molecule has 2 N–H and O–H groups in total. The first-order valence-electron chi connectivity index (χ1n) is 5.64. The van der Waals surface area contributed by atoms with Gasteiger partial charge in [0.15, 0.2) is 5.78 Å². The number of Topliss-reactive ketones (excluding diaryl/α,β-unsaturated/α-hetero) is 1. The van der Waals surface area contributed by atoms with Gasteiger partial charge in [0.2, 0.25) is 0 Å². The molecular formula is C12H12Cl2N4O. The van der Waals surface area contributed by atoms with Crippen molar-refractivity contribution in [3.63, 3.8) is 0 Å². The highest BCUT2D eigenvalue weighted by molar-refractivity contribution is 6.42. The molecule has 0 unspecified atom stereocenters. The normalized spacial score (nSPS) is 10.7. The van der Waals surface area contributed by atoms with Crippen LogP contribution in [0.15, 0.2) is 24.4 Å². The fourth-order valence-corrected chi connectivity index (χ4v) is 2.03. The predicted octanol–water partition coefficient (Wildman–Crippen LogP) is 1.86. The summed E-state index contributed by atoms with van der Waals surface area (Å²) in [5, 5.41) is 8.49. The van der Waals surface area contributed by atoms with Gasteiger partial charge in [-0.3, -0.25) is 4.79 Å². The van der Waals surface area contributed by atoms with Crippen molar-refractivity contribution in [3.8, 4) is 0 Å². The van der Waals surface area contributed by atoms with E-state index in [1.54, 1.807) is 24.4 Å².